The summed E-state index contributed by atoms with van der Waals surface area (Å²) in [7, 11) is 4.73. The van der Waals surface area contributed by atoms with Crippen LogP contribution in [0.4, 0.5) is 0 Å². The first kappa shape index (κ1) is 26.6. The Labute approximate surface area is 205 Å². The summed E-state index contributed by atoms with van der Waals surface area (Å²) >= 11 is 0. The number of carbonyl (C=O) groups is 3. The third-order valence-corrected chi connectivity index (χ3v) is 6.18. The molecule has 3 atom stereocenters. The third kappa shape index (κ3) is 6.34. The predicted molar refractivity (Wildman–Crippen MR) is 126 cm³/mol. The van der Waals surface area contributed by atoms with E-state index < -0.39 is 30.1 Å². The van der Waals surface area contributed by atoms with E-state index in [2.05, 4.69) is 10.2 Å². The molecule has 0 aromatic heterocycles. The van der Waals surface area contributed by atoms with Crippen molar-refractivity contribution in [3.05, 3.63) is 17.7 Å². The number of benzene rings is 1. The molecule has 11 nitrogen and oxygen atoms in total. The highest BCUT2D eigenvalue weighted by molar-refractivity contribution is 5.95. The molecular formula is C24H35N3O8. The summed E-state index contributed by atoms with van der Waals surface area (Å²) in [6.45, 7) is 6.88. The van der Waals surface area contributed by atoms with E-state index in [1.807, 2.05) is 26.0 Å². The van der Waals surface area contributed by atoms with Crippen LogP contribution >= 0.6 is 0 Å². The molecule has 1 aromatic carbocycles. The highest BCUT2D eigenvalue weighted by atomic mass is 16.6. The van der Waals surface area contributed by atoms with Gasteiger partial charge in [0.25, 0.3) is 5.91 Å². The second kappa shape index (κ2) is 11.6. The number of ether oxygens (including phenoxy) is 4. The fourth-order valence-electron chi connectivity index (χ4n) is 4.32. The molecule has 2 saturated heterocycles. The Hall–Kier alpha value is -3.05. The van der Waals surface area contributed by atoms with Gasteiger partial charge in [-0.3, -0.25) is 14.5 Å². The van der Waals surface area contributed by atoms with E-state index in [-0.39, 0.29) is 11.8 Å². The number of aliphatic carboxylic acids is 1. The number of rotatable bonds is 11. The zero-order chi connectivity index (χ0) is 25.7. The maximum absolute atomic E-state index is 13.2. The van der Waals surface area contributed by atoms with Crippen molar-refractivity contribution in [2.45, 2.75) is 45.1 Å². The topological polar surface area (TPSA) is 130 Å². The average molecular weight is 494 g/mol. The van der Waals surface area contributed by atoms with Crippen LogP contribution in [-0.4, -0.2) is 98.4 Å². The van der Waals surface area contributed by atoms with Crippen LogP contribution < -0.4 is 19.5 Å². The number of nitrogens with one attached hydrogen (secondary N) is 1. The molecule has 0 spiro atoms. The first-order chi connectivity index (χ1) is 16.7. The number of piperazine rings is 1. The number of hydrogen-bond acceptors (Lipinski definition) is 8. The van der Waals surface area contributed by atoms with Crippen LogP contribution in [0.25, 0.3) is 0 Å². The van der Waals surface area contributed by atoms with Crippen LogP contribution in [0.15, 0.2) is 12.1 Å². The van der Waals surface area contributed by atoms with Crippen molar-refractivity contribution >= 4 is 17.8 Å². The molecule has 2 aliphatic heterocycles. The zero-order valence-corrected chi connectivity index (χ0v) is 20.9. The number of carboxylic acids is 1. The van der Waals surface area contributed by atoms with Gasteiger partial charge in [0.2, 0.25) is 11.7 Å². The van der Waals surface area contributed by atoms with Gasteiger partial charge in [-0.1, -0.05) is 19.9 Å². The minimum Gasteiger partial charge on any atom is -0.493 e. The minimum atomic E-state index is -1.18. The van der Waals surface area contributed by atoms with Crippen LogP contribution in [0.1, 0.15) is 25.8 Å². The first-order valence-electron chi connectivity index (χ1n) is 11.7. The Kier molecular flexibility index (Phi) is 8.79. The number of hydrogen-bond donors (Lipinski definition) is 2. The van der Waals surface area contributed by atoms with Crippen LogP contribution in [-0.2, 0) is 25.7 Å². The molecule has 2 aliphatic rings. The van der Waals surface area contributed by atoms with Gasteiger partial charge in [0.1, 0.15) is 6.04 Å². The average Bonchev–Trinajstić information content (AvgIpc) is 3.64. The van der Waals surface area contributed by atoms with Gasteiger partial charge in [-0.05, 0) is 18.4 Å². The Morgan fingerprint density at radius 2 is 1.69 bits per heavy atom. The number of epoxide rings is 1. The van der Waals surface area contributed by atoms with Crippen LogP contribution in [0.2, 0.25) is 0 Å². The summed E-state index contributed by atoms with van der Waals surface area (Å²) < 4.78 is 21.3. The van der Waals surface area contributed by atoms with Crippen LogP contribution in [0, 0.1) is 5.92 Å². The molecule has 0 radical (unpaired) electrons. The molecule has 0 unspecified atom stereocenters. The van der Waals surface area contributed by atoms with E-state index in [9.17, 15) is 14.4 Å². The van der Waals surface area contributed by atoms with Crippen LogP contribution in [0.3, 0.4) is 0 Å². The van der Waals surface area contributed by atoms with E-state index >= 15 is 0 Å². The maximum atomic E-state index is 13.2. The fraction of sp³-hybridized carbons (Fsp3) is 0.625. The molecule has 1 aromatic rings. The van der Waals surface area contributed by atoms with Gasteiger partial charge in [-0.2, -0.15) is 0 Å². The standard InChI is InChI=1S/C24H35N3O8/c1-14(2)12-16(25-22(28)20-21(35-20)24(30)31)23(29)27-10-8-26(9-11-27)13-15-6-7-17(32-3)19(34-5)18(15)33-4/h6-7,14,16,20-21H,8-13H2,1-5H3,(H,25,28)(H,30,31)/t16-,20-,21-/m0/s1. The van der Waals surface area contributed by atoms with Gasteiger partial charge in [0, 0.05) is 38.3 Å². The summed E-state index contributed by atoms with van der Waals surface area (Å²) in [5.41, 5.74) is 0.951. The predicted octanol–water partition coefficient (Wildman–Crippen LogP) is 0.740. The molecule has 194 valence electrons. The molecule has 11 heteroatoms. The van der Waals surface area contributed by atoms with Crippen molar-refractivity contribution in [2.75, 3.05) is 47.5 Å². The van der Waals surface area contributed by atoms with E-state index in [4.69, 9.17) is 24.1 Å². The Bertz CT molecular complexity index is 930. The largest absolute Gasteiger partial charge is 0.493 e. The second-order valence-electron chi connectivity index (χ2n) is 9.10. The quantitative estimate of drug-likeness (QED) is 0.429. The first-order valence-corrected chi connectivity index (χ1v) is 11.7. The number of carbonyl (C=O) groups excluding carboxylic acids is 2. The van der Waals surface area contributed by atoms with Crippen molar-refractivity contribution in [3.63, 3.8) is 0 Å². The molecule has 3 rings (SSSR count). The van der Waals surface area contributed by atoms with Gasteiger partial charge in [0.15, 0.2) is 23.7 Å². The van der Waals surface area contributed by atoms with Crippen molar-refractivity contribution in [2.24, 2.45) is 5.92 Å². The van der Waals surface area contributed by atoms with Gasteiger partial charge >= 0.3 is 5.97 Å². The normalized spacial score (nSPS) is 20.8. The van der Waals surface area contributed by atoms with Gasteiger partial charge in [0.05, 0.1) is 21.3 Å². The third-order valence-electron chi connectivity index (χ3n) is 6.18. The summed E-state index contributed by atoms with van der Waals surface area (Å²) in [5.74, 6) is 0.00879. The van der Waals surface area contributed by atoms with E-state index in [0.29, 0.717) is 56.4 Å². The lowest BCUT2D eigenvalue weighted by atomic mass is 10.0. The number of nitrogens with zero attached hydrogens (tertiary/aromatic N) is 2. The van der Waals surface area contributed by atoms with Gasteiger partial charge in [-0.25, -0.2) is 4.79 Å². The molecule has 35 heavy (non-hydrogen) atoms. The Morgan fingerprint density at radius 3 is 2.20 bits per heavy atom. The molecule has 0 bridgehead atoms. The molecular weight excluding hydrogens is 458 g/mol. The molecule has 2 N–H and O–H groups in total. The maximum Gasteiger partial charge on any atom is 0.336 e. The molecule has 2 fully saturated rings. The van der Waals surface area contributed by atoms with Gasteiger partial charge < -0.3 is 34.3 Å². The lowest BCUT2D eigenvalue weighted by Gasteiger charge is -2.37. The van der Waals surface area contributed by atoms with E-state index in [0.717, 1.165) is 5.56 Å². The Morgan fingerprint density at radius 1 is 1.03 bits per heavy atom. The summed E-state index contributed by atoms with van der Waals surface area (Å²) in [5, 5.41) is 11.7. The van der Waals surface area contributed by atoms with Crippen molar-refractivity contribution in [3.8, 4) is 17.2 Å². The molecule has 0 aliphatic carbocycles. The Balaban J connectivity index is 1.60. The zero-order valence-electron chi connectivity index (χ0n) is 20.9. The summed E-state index contributed by atoms with van der Waals surface area (Å²) in [6.07, 6.45) is -1.72. The number of methoxy groups -OCH3 is 3. The molecule has 2 amide bonds. The van der Waals surface area contributed by atoms with Crippen molar-refractivity contribution < 1.29 is 38.4 Å². The molecule has 0 saturated carbocycles. The lowest BCUT2D eigenvalue weighted by molar-refractivity contribution is -0.138. The van der Waals surface area contributed by atoms with Crippen molar-refractivity contribution in [1.82, 2.24) is 15.1 Å². The lowest BCUT2D eigenvalue weighted by Crippen LogP contribution is -2.55. The number of amides is 2. The van der Waals surface area contributed by atoms with Crippen molar-refractivity contribution in [1.29, 1.82) is 0 Å². The SMILES string of the molecule is COc1ccc(CN2CCN(C(=O)[C@H](CC(C)C)NC(=O)[C@H]3O[C@@H]3C(=O)O)CC2)c(OC)c1OC. The monoisotopic (exact) mass is 493 g/mol. The fourth-order valence-corrected chi connectivity index (χ4v) is 4.32. The number of carboxylic acid groups (broad SMARTS) is 1. The van der Waals surface area contributed by atoms with E-state index in [1.165, 1.54) is 0 Å². The highest BCUT2D eigenvalue weighted by Crippen LogP contribution is 2.40. The summed E-state index contributed by atoms with van der Waals surface area (Å²) in [4.78, 5) is 40.6. The van der Waals surface area contributed by atoms with Gasteiger partial charge in [-0.15, -0.1) is 0 Å². The van der Waals surface area contributed by atoms with Crippen LogP contribution in [0.5, 0.6) is 17.2 Å². The minimum absolute atomic E-state index is 0.164. The van der Waals surface area contributed by atoms with E-state index in [1.54, 1.807) is 26.2 Å². The summed E-state index contributed by atoms with van der Waals surface area (Å²) in [6, 6.07) is 3.06. The second-order valence-corrected chi connectivity index (χ2v) is 9.10. The molecule has 2 heterocycles. The highest BCUT2D eigenvalue weighted by Gasteiger charge is 2.51. The smallest absolute Gasteiger partial charge is 0.336 e.